The number of benzene rings is 2. The Labute approximate surface area is 224 Å². The molecule has 0 spiro atoms. The number of amides is 2. The third-order valence-corrected chi connectivity index (χ3v) is 6.60. The van der Waals surface area contributed by atoms with Crippen molar-refractivity contribution in [1.29, 1.82) is 5.41 Å². The quantitative estimate of drug-likeness (QED) is 0.203. The van der Waals surface area contributed by atoms with Gasteiger partial charge in [0.2, 0.25) is 11.8 Å². The van der Waals surface area contributed by atoms with E-state index in [1.807, 2.05) is 30.8 Å². The number of nitrogens with one attached hydrogen (secondary N) is 3. The lowest BCUT2D eigenvalue weighted by Gasteiger charge is -2.17. The molecule has 2 aromatic carbocycles. The third kappa shape index (κ3) is 5.54. The highest BCUT2D eigenvalue weighted by Crippen LogP contribution is 2.47. The summed E-state index contributed by atoms with van der Waals surface area (Å²) in [6.07, 6.45) is 7.74. The average Bonchev–Trinajstić information content (AvgIpc) is 3.63. The minimum absolute atomic E-state index is 0.313. The molecule has 10 heteroatoms. The molecule has 2 heterocycles. The van der Waals surface area contributed by atoms with Crippen LogP contribution in [0.1, 0.15) is 24.1 Å². The van der Waals surface area contributed by atoms with Gasteiger partial charge in [0, 0.05) is 49.0 Å². The average molecular weight is 527 g/mol. The second-order valence-corrected chi connectivity index (χ2v) is 9.58. The summed E-state index contributed by atoms with van der Waals surface area (Å²) in [4.78, 5) is 34.8. The standard InChI is InChI=1S/C29H27FN6O3/c1-18-13-22(35-28(38)29(10-11-29)27(37)34-21-5-3-20(30)4-6-21)7-8-25(18)39-26-14-19(15-32-23(26)9-12-31)24-16-36(2)17-33-24/h3-8,12-17,31H,9-11H2,1-2H3,(H,34,37)(H,35,38). The second kappa shape index (κ2) is 10.5. The molecule has 0 unspecified atom stereocenters. The molecule has 2 aromatic heterocycles. The number of rotatable bonds is 9. The van der Waals surface area contributed by atoms with E-state index in [9.17, 15) is 14.0 Å². The van der Waals surface area contributed by atoms with Crippen LogP contribution in [0.4, 0.5) is 15.8 Å². The van der Waals surface area contributed by atoms with E-state index in [-0.39, 0.29) is 0 Å². The van der Waals surface area contributed by atoms with Crippen LogP contribution in [-0.4, -0.2) is 32.6 Å². The number of hydrogen-bond acceptors (Lipinski definition) is 6. The molecule has 0 bridgehead atoms. The van der Waals surface area contributed by atoms with Crippen molar-refractivity contribution in [3.05, 3.63) is 84.3 Å². The van der Waals surface area contributed by atoms with Crippen molar-refractivity contribution in [2.24, 2.45) is 12.5 Å². The van der Waals surface area contributed by atoms with Crippen LogP contribution in [0, 0.1) is 23.6 Å². The number of anilines is 2. The van der Waals surface area contributed by atoms with Gasteiger partial charge in [-0.15, -0.1) is 0 Å². The number of ether oxygens (including phenoxy) is 1. The molecule has 0 aliphatic heterocycles. The second-order valence-electron chi connectivity index (χ2n) is 9.58. The zero-order chi connectivity index (χ0) is 27.6. The third-order valence-electron chi connectivity index (χ3n) is 6.60. The maximum absolute atomic E-state index is 13.2. The number of hydrogen-bond donors (Lipinski definition) is 3. The SMILES string of the molecule is Cc1cc(NC(=O)C2(C(=O)Nc3ccc(F)cc3)CC2)ccc1Oc1cc(-c2cn(C)cn2)cnc1CC=N. The van der Waals surface area contributed by atoms with Gasteiger partial charge in [-0.25, -0.2) is 9.37 Å². The molecule has 9 nitrogen and oxygen atoms in total. The van der Waals surface area contributed by atoms with Gasteiger partial charge in [0.25, 0.3) is 0 Å². The first kappa shape index (κ1) is 25.8. The molecule has 0 atom stereocenters. The van der Waals surface area contributed by atoms with E-state index in [4.69, 9.17) is 10.1 Å². The van der Waals surface area contributed by atoms with Crippen molar-refractivity contribution in [2.75, 3.05) is 10.6 Å². The number of imidazole rings is 1. The number of aromatic nitrogens is 3. The highest BCUT2D eigenvalue weighted by Gasteiger charge is 2.56. The fraction of sp³-hybridized carbons (Fsp3) is 0.207. The van der Waals surface area contributed by atoms with Crippen molar-refractivity contribution in [2.45, 2.75) is 26.2 Å². The molecule has 198 valence electrons. The molecule has 4 aromatic rings. The molecule has 39 heavy (non-hydrogen) atoms. The van der Waals surface area contributed by atoms with Crippen LogP contribution in [0.3, 0.4) is 0 Å². The lowest BCUT2D eigenvalue weighted by atomic mass is 10.0. The topological polar surface area (TPSA) is 122 Å². The largest absolute Gasteiger partial charge is 0.455 e. The smallest absolute Gasteiger partial charge is 0.240 e. The van der Waals surface area contributed by atoms with Crippen molar-refractivity contribution in [1.82, 2.24) is 14.5 Å². The first-order chi connectivity index (χ1) is 18.8. The molecular weight excluding hydrogens is 499 g/mol. The first-order valence-corrected chi connectivity index (χ1v) is 12.4. The molecule has 1 fully saturated rings. The fourth-order valence-electron chi connectivity index (χ4n) is 4.19. The van der Waals surface area contributed by atoms with Crippen LogP contribution in [0.5, 0.6) is 11.5 Å². The number of carbonyl (C=O) groups is 2. The number of carbonyl (C=O) groups excluding carboxylic acids is 2. The van der Waals surface area contributed by atoms with Crippen molar-refractivity contribution in [3.8, 4) is 22.8 Å². The van der Waals surface area contributed by atoms with Gasteiger partial charge in [-0.05, 0) is 73.9 Å². The summed E-state index contributed by atoms with van der Waals surface area (Å²) in [5.41, 5.74) is 2.73. The number of pyridine rings is 1. The van der Waals surface area contributed by atoms with Crippen LogP contribution in [0.15, 0.2) is 67.3 Å². The van der Waals surface area contributed by atoms with Gasteiger partial charge in [0.1, 0.15) is 22.7 Å². The molecule has 1 aliphatic carbocycles. The summed E-state index contributed by atoms with van der Waals surface area (Å²) in [6.45, 7) is 1.85. The monoisotopic (exact) mass is 526 g/mol. The van der Waals surface area contributed by atoms with Gasteiger partial charge in [0.05, 0.1) is 17.7 Å². The van der Waals surface area contributed by atoms with E-state index >= 15 is 0 Å². The summed E-state index contributed by atoms with van der Waals surface area (Å²) < 4.78 is 21.2. The molecule has 1 saturated carbocycles. The molecule has 2 amide bonds. The highest BCUT2D eigenvalue weighted by molar-refractivity contribution is 6.16. The zero-order valence-electron chi connectivity index (χ0n) is 21.5. The molecule has 0 saturated heterocycles. The molecule has 1 aliphatic rings. The Hall–Kier alpha value is -4.86. The van der Waals surface area contributed by atoms with E-state index in [2.05, 4.69) is 20.6 Å². The van der Waals surface area contributed by atoms with E-state index < -0.39 is 23.0 Å². The minimum Gasteiger partial charge on any atom is -0.455 e. The van der Waals surface area contributed by atoms with Gasteiger partial charge < -0.3 is 25.3 Å². The Morgan fingerprint density at radius 2 is 1.74 bits per heavy atom. The Bertz CT molecular complexity index is 1560. The summed E-state index contributed by atoms with van der Waals surface area (Å²) >= 11 is 0. The summed E-state index contributed by atoms with van der Waals surface area (Å²) in [5.74, 6) is -0.138. The van der Waals surface area contributed by atoms with Gasteiger partial charge in [-0.3, -0.25) is 14.6 Å². The Morgan fingerprint density at radius 1 is 1.05 bits per heavy atom. The molecule has 5 rings (SSSR count). The summed E-state index contributed by atoms with van der Waals surface area (Å²) in [5, 5.41) is 13.1. The normalized spacial score (nSPS) is 13.4. The maximum Gasteiger partial charge on any atom is 0.240 e. The maximum atomic E-state index is 13.2. The van der Waals surface area contributed by atoms with Crippen LogP contribution in [0.25, 0.3) is 11.3 Å². The number of halogens is 1. The fourth-order valence-corrected chi connectivity index (χ4v) is 4.19. The van der Waals surface area contributed by atoms with Crippen LogP contribution in [-0.2, 0) is 23.1 Å². The Morgan fingerprint density at radius 3 is 2.36 bits per heavy atom. The Kier molecular flexibility index (Phi) is 6.93. The minimum atomic E-state index is -1.16. The molecule has 3 N–H and O–H groups in total. The molecule has 0 radical (unpaired) electrons. The van der Waals surface area contributed by atoms with Crippen molar-refractivity contribution < 1.29 is 18.7 Å². The van der Waals surface area contributed by atoms with Crippen LogP contribution in [0.2, 0.25) is 0 Å². The van der Waals surface area contributed by atoms with E-state index in [0.717, 1.165) is 16.8 Å². The zero-order valence-corrected chi connectivity index (χ0v) is 21.5. The van der Waals surface area contributed by atoms with Crippen molar-refractivity contribution >= 4 is 29.4 Å². The predicted octanol–water partition coefficient (Wildman–Crippen LogP) is 5.27. The number of nitrogens with zero attached hydrogens (tertiary/aromatic N) is 3. The van der Waals surface area contributed by atoms with Crippen LogP contribution < -0.4 is 15.4 Å². The van der Waals surface area contributed by atoms with Gasteiger partial charge in [-0.1, -0.05) is 0 Å². The highest BCUT2D eigenvalue weighted by atomic mass is 19.1. The van der Waals surface area contributed by atoms with E-state index in [1.54, 1.807) is 30.7 Å². The summed E-state index contributed by atoms with van der Waals surface area (Å²) in [7, 11) is 1.89. The molecular formula is C29H27FN6O3. The van der Waals surface area contributed by atoms with Crippen LogP contribution >= 0.6 is 0 Å². The van der Waals surface area contributed by atoms with E-state index in [0.29, 0.717) is 47.8 Å². The predicted molar refractivity (Wildman–Crippen MR) is 146 cm³/mol. The van der Waals surface area contributed by atoms with Gasteiger partial charge >= 0.3 is 0 Å². The number of aryl methyl sites for hydroxylation is 2. The first-order valence-electron chi connectivity index (χ1n) is 12.4. The van der Waals surface area contributed by atoms with Gasteiger partial charge in [0.15, 0.2) is 0 Å². The Balaban J connectivity index is 1.30. The lowest BCUT2D eigenvalue weighted by molar-refractivity contribution is -0.131. The summed E-state index contributed by atoms with van der Waals surface area (Å²) in [6, 6.07) is 12.5. The van der Waals surface area contributed by atoms with Crippen molar-refractivity contribution in [3.63, 3.8) is 0 Å². The van der Waals surface area contributed by atoms with E-state index in [1.165, 1.54) is 30.5 Å². The lowest BCUT2D eigenvalue weighted by Crippen LogP contribution is -2.35. The van der Waals surface area contributed by atoms with Gasteiger partial charge in [-0.2, -0.15) is 0 Å².